The first-order valence-corrected chi connectivity index (χ1v) is 9.04. The van der Waals surface area contributed by atoms with Crippen molar-refractivity contribution in [2.24, 2.45) is 0 Å². The number of nitrogens with one attached hydrogen (secondary N) is 2. The minimum atomic E-state index is -0.238. The van der Waals surface area contributed by atoms with Crippen LogP contribution >= 0.6 is 0 Å². The fourth-order valence-corrected chi connectivity index (χ4v) is 2.55. The van der Waals surface area contributed by atoms with Crippen LogP contribution in [0.3, 0.4) is 0 Å². The average molecular weight is 360 g/mol. The van der Waals surface area contributed by atoms with E-state index in [0.717, 1.165) is 23.4 Å². The summed E-state index contributed by atoms with van der Waals surface area (Å²) in [6.45, 7) is 6.08. The first kappa shape index (κ1) is 18.6. The minimum Gasteiger partial charge on any atom is -0.347 e. The van der Waals surface area contributed by atoms with Gasteiger partial charge in [-0.05, 0) is 38.5 Å². The first-order valence-electron chi connectivity index (χ1n) is 9.04. The molecule has 0 aliphatic carbocycles. The molecule has 0 fully saturated rings. The molecule has 0 saturated heterocycles. The van der Waals surface area contributed by atoms with Crippen molar-refractivity contribution in [3.8, 4) is 11.3 Å². The number of carbonyl (C=O) groups excluding carboxylic acids is 1. The van der Waals surface area contributed by atoms with Gasteiger partial charge in [-0.2, -0.15) is 0 Å². The van der Waals surface area contributed by atoms with Crippen LogP contribution in [-0.4, -0.2) is 21.4 Å². The summed E-state index contributed by atoms with van der Waals surface area (Å²) >= 11 is 0. The molecular weight excluding hydrogens is 336 g/mol. The second kappa shape index (κ2) is 7.99. The fraction of sp³-hybridized carbons (Fsp3) is 0.227. The second-order valence-electron chi connectivity index (χ2n) is 7.05. The molecule has 0 saturated carbocycles. The molecule has 0 aliphatic heterocycles. The number of benzene rings is 2. The zero-order chi connectivity index (χ0) is 19.3. The third-order valence-corrected chi connectivity index (χ3v) is 4.47. The zero-order valence-corrected chi connectivity index (χ0v) is 15.9. The molecule has 0 radical (unpaired) electrons. The summed E-state index contributed by atoms with van der Waals surface area (Å²) in [4.78, 5) is 21.1. The zero-order valence-electron chi connectivity index (χ0n) is 15.9. The van der Waals surface area contributed by atoms with Crippen molar-refractivity contribution in [2.45, 2.75) is 32.7 Å². The Balaban J connectivity index is 1.78. The molecule has 0 unspecified atom stereocenters. The van der Waals surface area contributed by atoms with E-state index in [1.807, 2.05) is 74.5 Å². The second-order valence-corrected chi connectivity index (χ2v) is 7.05. The highest BCUT2D eigenvalue weighted by molar-refractivity contribution is 5.95. The van der Waals surface area contributed by atoms with Gasteiger partial charge >= 0.3 is 0 Å². The van der Waals surface area contributed by atoms with Gasteiger partial charge in [0.05, 0.1) is 5.69 Å². The molecule has 0 bridgehead atoms. The average Bonchev–Trinajstić information content (AvgIpc) is 2.69. The maximum Gasteiger partial charge on any atom is 0.251 e. The van der Waals surface area contributed by atoms with E-state index in [1.165, 1.54) is 6.33 Å². The largest absolute Gasteiger partial charge is 0.347 e. The smallest absolute Gasteiger partial charge is 0.251 e. The van der Waals surface area contributed by atoms with E-state index in [4.69, 9.17) is 0 Å². The molecule has 5 nitrogen and oxygen atoms in total. The highest BCUT2D eigenvalue weighted by atomic mass is 16.1. The standard InChI is InChI=1S/C22H24N4O/c1-4-22(2,3)26-21(27)17-11-8-12-18(13-17)25-20-14-19(23-15-24-20)16-9-6-5-7-10-16/h5-15H,4H2,1-3H3,(H,26,27)(H,23,24,25). The normalized spacial score (nSPS) is 11.1. The lowest BCUT2D eigenvalue weighted by Crippen LogP contribution is -2.42. The molecule has 3 aromatic rings. The number of aromatic nitrogens is 2. The van der Waals surface area contributed by atoms with Crippen molar-refractivity contribution in [2.75, 3.05) is 5.32 Å². The Bertz CT molecular complexity index is 922. The van der Waals surface area contributed by atoms with Crippen LogP contribution in [0.15, 0.2) is 67.0 Å². The molecule has 1 aromatic heterocycles. The van der Waals surface area contributed by atoms with Crippen molar-refractivity contribution in [1.29, 1.82) is 0 Å². The van der Waals surface area contributed by atoms with Crippen LogP contribution in [0, 0.1) is 0 Å². The SMILES string of the molecule is CCC(C)(C)NC(=O)c1cccc(Nc2cc(-c3ccccc3)ncn2)c1. The highest BCUT2D eigenvalue weighted by Crippen LogP contribution is 2.21. The summed E-state index contributed by atoms with van der Waals surface area (Å²) < 4.78 is 0. The molecule has 2 aromatic carbocycles. The third kappa shape index (κ3) is 4.91. The summed E-state index contributed by atoms with van der Waals surface area (Å²) in [7, 11) is 0. The van der Waals surface area contributed by atoms with E-state index < -0.39 is 0 Å². The molecule has 1 heterocycles. The van der Waals surface area contributed by atoms with Crippen LogP contribution in [0.2, 0.25) is 0 Å². The Morgan fingerprint density at radius 2 is 1.78 bits per heavy atom. The molecule has 0 aliphatic rings. The van der Waals surface area contributed by atoms with E-state index in [2.05, 4.69) is 27.5 Å². The van der Waals surface area contributed by atoms with Crippen molar-refractivity contribution in [3.63, 3.8) is 0 Å². The number of carbonyl (C=O) groups is 1. The Morgan fingerprint density at radius 1 is 1.00 bits per heavy atom. The molecule has 138 valence electrons. The first-order chi connectivity index (χ1) is 13.0. The molecule has 0 spiro atoms. The molecular formula is C22H24N4O. The van der Waals surface area contributed by atoms with E-state index in [0.29, 0.717) is 11.4 Å². The van der Waals surface area contributed by atoms with Crippen LogP contribution in [0.4, 0.5) is 11.5 Å². The summed E-state index contributed by atoms with van der Waals surface area (Å²) in [5.74, 6) is 0.591. The summed E-state index contributed by atoms with van der Waals surface area (Å²) in [5, 5.41) is 6.31. The van der Waals surface area contributed by atoms with Crippen molar-refractivity contribution < 1.29 is 4.79 Å². The lowest BCUT2D eigenvalue weighted by molar-refractivity contribution is 0.0911. The van der Waals surface area contributed by atoms with Crippen molar-refractivity contribution in [1.82, 2.24) is 15.3 Å². The topological polar surface area (TPSA) is 66.9 Å². The highest BCUT2D eigenvalue weighted by Gasteiger charge is 2.18. The number of amides is 1. The fourth-order valence-electron chi connectivity index (χ4n) is 2.55. The van der Waals surface area contributed by atoms with E-state index >= 15 is 0 Å². The van der Waals surface area contributed by atoms with Gasteiger partial charge in [0, 0.05) is 28.4 Å². The quantitative estimate of drug-likeness (QED) is 0.662. The lowest BCUT2D eigenvalue weighted by Gasteiger charge is -2.24. The van der Waals surface area contributed by atoms with Gasteiger partial charge < -0.3 is 10.6 Å². The molecule has 0 atom stereocenters. The van der Waals surface area contributed by atoms with E-state index in [-0.39, 0.29) is 11.4 Å². The van der Waals surface area contributed by atoms with Gasteiger partial charge in [-0.1, -0.05) is 43.3 Å². The van der Waals surface area contributed by atoms with Crippen molar-refractivity contribution >= 4 is 17.4 Å². The molecule has 27 heavy (non-hydrogen) atoms. The third-order valence-electron chi connectivity index (χ3n) is 4.47. The number of hydrogen-bond donors (Lipinski definition) is 2. The predicted octanol–water partition coefficient (Wildman–Crippen LogP) is 4.81. The van der Waals surface area contributed by atoms with Gasteiger partial charge in [0.2, 0.25) is 0 Å². The maximum atomic E-state index is 12.5. The number of nitrogens with zero attached hydrogens (tertiary/aromatic N) is 2. The van der Waals surface area contributed by atoms with Gasteiger partial charge in [0.1, 0.15) is 12.1 Å². The molecule has 2 N–H and O–H groups in total. The van der Waals surface area contributed by atoms with Gasteiger partial charge in [0.25, 0.3) is 5.91 Å². The van der Waals surface area contributed by atoms with Crippen molar-refractivity contribution in [3.05, 3.63) is 72.6 Å². The van der Waals surface area contributed by atoms with Gasteiger partial charge in [-0.3, -0.25) is 4.79 Å². The summed E-state index contributed by atoms with van der Waals surface area (Å²) in [5.41, 5.74) is 3.04. The molecule has 3 rings (SSSR count). The van der Waals surface area contributed by atoms with Crippen LogP contribution < -0.4 is 10.6 Å². The van der Waals surface area contributed by atoms with Crippen LogP contribution in [0.5, 0.6) is 0 Å². The van der Waals surface area contributed by atoms with E-state index in [9.17, 15) is 4.79 Å². The molecule has 5 heteroatoms. The Labute approximate surface area is 159 Å². The van der Waals surface area contributed by atoms with Crippen LogP contribution in [0.1, 0.15) is 37.6 Å². The number of hydrogen-bond acceptors (Lipinski definition) is 4. The maximum absolute atomic E-state index is 12.5. The van der Waals surface area contributed by atoms with E-state index in [1.54, 1.807) is 0 Å². The molecule has 1 amide bonds. The van der Waals surface area contributed by atoms with Crippen LogP contribution in [-0.2, 0) is 0 Å². The Kier molecular flexibility index (Phi) is 5.50. The van der Waals surface area contributed by atoms with Gasteiger partial charge in [-0.15, -0.1) is 0 Å². The number of anilines is 2. The monoisotopic (exact) mass is 360 g/mol. The van der Waals surface area contributed by atoms with Gasteiger partial charge in [0.15, 0.2) is 0 Å². The predicted molar refractivity (Wildman–Crippen MR) is 109 cm³/mol. The summed E-state index contributed by atoms with van der Waals surface area (Å²) in [6.07, 6.45) is 2.39. The van der Waals surface area contributed by atoms with Crippen LogP contribution in [0.25, 0.3) is 11.3 Å². The number of rotatable bonds is 6. The Hall–Kier alpha value is -3.21. The lowest BCUT2D eigenvalue weighted by atomic mass is 10.0. The van der Waals surface area contributed by atoms with Gasteiger partial charge in [-0.25, -0.2) is 9.97 Å². The minimum absolute atomic E-state index is 0.0850. The summed E-state index contributed by atoms with van der Waals surface area (Å²) in [6, 6.07) is 19.2. The Morgan fingerprint density at radius 3 is 2.52 bits per heavy atom.